The topological polar surface area (TPSA) is 52.5 Å². The summed E-state index contributed by atoms with van der Waals surface area (Å²) >= 11 is 1.81. The zero-order valence-electron chi connectivity index (χ0n) is 14.4. The number of piperidine rings is 1. The standard InChI is InChI=1S/C20H19N3O2S/c24-20-23(16-8-2-3-9-17(16)25-20)13-22-11-5-6-14(12-22)19-21-15-7-1-4-10-18(15)26-19/h1-4,7-10,14H,5-6,11-13H2/p+1/t14-/m1/s1. The van der Waals surface area contributed by atoms with E-state index in [1.54, 1.807) is 4.57 Å². The zero-order valence-corrected chi connectivity index (χ0v) is 15.2. The summed E-state index contributed by atoms with van der Waals surface area (Å²) in [4.78, 5) is 18.5. The Morgan fingerprint density at radius 3 is 2.96 bits per heavy atom. The average Bonchev–Trinajstić information content (AvgIpc) is 3.24. The summed E-state index contributed by atoms with van der Waals surface area (Å²) < 4.78 is 8.40. The highest BCUT2D eigenvalue weighted by molar-refractivity contribution is 7.18. The number of nitrogens with zero attached hydrogens (tertiary/aromatic N) is 2. The number of oxazole rings is 1. The van der Waals surface area contributed by atoms with E-state index in [0.717, 1.165) is 30.5 Å². The highest BCUT2D eigenvalue weighted by Gasteiger charge is 2.28. The number of aromatic nitrogens is 2. The van der Waals surface area contributed by atoms with Gasteiger partial charge in [-0.1, -0.05) is 24.3 Å². The number of para-hydroxylation sites is 3. The van der Waals surface area contributed by atoms with Crippen molar-refractivity contribution < 1.29 is 9.32 Å². The van der Waals surface area contributed by atoms with Crippen molar-refractivity contribution >= 4 is 32.7 Å². The molecule has 1 aliphatic heterocycles. The lowest BCUT2D eigenvalue weighted by molar-refractivity contribution is -0.928. The second kappa shape index (κ2) is 6.37. The van der Waals surface area contributed by atoms with Crippen molar-refractivity contribution in [3.63, 3.8) is 0 Å². The summed E-state index contributed by atoms with van der Waals surface area (Å²) in [5.41, 5.74) is 2.64. The van der Waals surface area contributed by atoms with Crippen LogP contribution in [-0.4, -0.2) is 22.6 Å². The minimum atomic E-state index is -0.263. The Hall–Kier alpha value is -2.44. The number of rotatable bonds is 3. The van der Waals surface area contributed by atoms with Crippen LogP contribution in [0.4, 0.5) is 0 Å². The molecule has 26 heavy (non-hydrogen) atoms. The zero-order chi connectivity index (χ0) is 17.5. The van der Waals surface area contributed by atoms with E-state index in [-0.39, 0.29) is 5.76 Å². The molecule has 2 atom stereocenters. The SMILES string of the molecule is O=c1oc2ccccc2n1C[NH+]1CCC[C@@H](c2nc3ccccc3s2)C1. The summed E-state index contributed by atoms with van der Waals surface area (Å²) in [6.07, 6.45) is 2.32. The Bertz CT molecular complexity index is 1090. The van der Waals surface area contributed by atoms with Crippen LogP contribution in [0.15, 0.2) is 57.7 Å². The largest absolute Gasteiger partial charge is 0.424 e. The molecule has 2 aromatic heterocycles. The number of hydrogen-bond donors (Lipinski definition) is 1. The van der Waals surface area contributed by atoms with Crippen molar-refractivity contribution in [1.82, 2.24) is 9.55 Å². The Morgan fingerprint density at radius 2 is 2.04 bits per heavy atom. The summed E-state index contributed by atoms with van der Waals surface area (Å²) in [7, 11) is 0. The van der Waals surface area contributed by atoms with Crippen LogP contribution in [0.1, 0.15) is 23.8 Å². The predicted octanol–water partition coefficient (Wildman–Crippen LogP) is 2.62. The van der Waals surface area contributed by atoms with Gasteiger partial charge in [0.15, 0.2) is 12.3 Å². The van der Waals surface area contributed by atoms with Gasteiger partial charge in [-0.2, -0.15) is 0 Å². The molecule has 0 radical (unpaired) electrons. The highest BCUT2D eigenvalue weighted by atomic mass is 32.1. The normalized spacial score (nSPS) is 20.8. The minimum Gasteiger partial charge on any atom is -0.408 e. The molecule has 2 aromatic carbocycles. The van der Waals surface area contributed by atoms with Crippen molar-refractivity contribution in [3.8, 4) is 0 Å². The van der Waals surface area contributed by atoms with Crippen LogP contribution in [0, 0.1) is 0 Å². The monoisotopic (exact) mass is 366 g/mol. The lowest BCUT2D eigenvalue weighted by Crippen LogP contribution is -3.12. The van der Waals surface area contributed by atoms with Crippen LogP contribution in [0.2, 0.25) is 0 Å². The van der Waals surface area contributed by atoms with Gasteiger partial charge in [0, 0.05) is 0 Å². The molecule has 1 N–H and O–H groups in total. The summed E-state index contributed by atoms with van der Waals surface area (Å²) in [6, 6.07) is 16.0. The van der Waals surface area contributed by atoms with Gasteiger partial charge in [-0.15, -0.1) is 11.3 Å². The number of quaternary nitrogens is 1. The number of likely N-dealkylation sites (tertiary alicyclic amines) is 1. The van der Waals surface area contributed by atoms with Crippen LogP contribution < -0.4 is 10.7 Å². The van der Waals surface area contributed by atoms with Crippen molar-refractivity contribution in [1.29, 1.82) is 0 Å². The van der Waals surface area contributed by atoms with E-state index in [2.05, 4.69) is 18.2 Å². The second-order valence-corrected chi connectivity index (χ2v) is 8.05. The van der Waals surface area contributed by atoms with Crippen molar-refractivity contribution in [2.45, 2.75) is 25.4 Å². The molecule has 5 rings (SSSR count). The molecule has 1 unspecified atom stereocenters. The molecule has 5 nitrogen and oxygen atoms in total. The Kier molecular flexibility index (Phi) is 3.87. The van der Waals surface area contributed by atoms with E-state index >= 15 is 0 Å². The number of benzene rings is 2. The van der Waals surface area contributed by atoms with Gasteiger partial charge in [0.1, 0.15) is 5.01 Å². The molecular formula is C20H20N3O2S+. The van der Waals surface area contributed by atoms with Gasteiger partial charge in [0.2, 0.25) is 0 Å². The van der Waals surface area contributed by atoms with E-state index in [1.165, 1.54) is 21.0 Å². The van der Waals surface area contributed by atoms with Gasteiger partial charge in [0.05, 0.1) is 34.7 Å². The maximum atomic E-state index is 12.3. The van der Waals surface area contributed by atoms with Crippen molar-refractivity contribution in [2.75, 3.05) is 13.1 Å². The first-order valence-corrected chi connectivity index (χ1v) is 9.87. The first-order chi connectivity index (χ1) is 12.8. The van der Waals surface area contributed by atoms with Crippen molar-refractivity contribution in [2.24, 2.45) is 0 Å². The molecule has 3 heterocycles. The fourth-order valence-corrected chi connectivity index (χ4v) is 5.06. The Labute approximate surface area is 154 Å². The Morgan fingerprint density at radius 1 is 1.19 bits per heavy atom. The molecule has 4 aromatic rings. The fraction of sp³-hybridized carbons (Fsp3) is 0.300. The predicted molar refractivity (Wildman–Crippen MR) is 103 cm³/mol. The van der Waals surface area contributed by atoms with Crippen molar-refractivity contribution in [3.05, 3.63) is 64.1 Å². The lowest BCUT2D eigenvalue weighted by Gasteiger charge is -2.28. The lowest BCUT2D eigenvalue weighted by atomic mass is 9.99. The molecule has 0 spiro atoms. The Balaban J connectivity index is 1.40. The molecule has 1 saturated heterocycles. The van der Waals surface area contributed by atoms with Gasteiger partial charge in [0.25, 0.3) is 0 Å². The van der Waals surface area contributed by atoms with Crippen LogP contribution in [0.25, 0.3) is 21.3 Å². The third-order valence-electron chi connectivity index (χ3n) is 5.23. The molecule has 0 amide bonds. The smallest absolute Gasteiger partial charge is 0.408 e. The number of hydrogen-bond acceptors (Lipinski definition) is 4. The van der Waals surface area contributed by atoms with Gasteiger partial charge >= 0.3 is 5.76 Å². The summed E-state index contributed by atoms with van der Waals surface area (Å²) in [5.74, 6) is 0.200. The van der Waals surface area contributed by atoms with E-state index in [0.29, 0.717) is 18.2 Å². The maximum Gasteiger partial charge on any atom is 0.424 e. The van der Waals surface area contributed by atoms with E-state index in [9.17, 15) is 4.79 Å². The molecule has 1 fully saturated rings. The third-order valence-corrected chi connectivity index (χ3v) is 6.43. The minimum absolute atomic E-state index is 0.263. The summed E-state index contributed by atoms with van der Waals surface area (Å²) in [5, 5.41) is 1.23. The van der Waals surface area contributed by atoms with Crippen LogP contribution >= 0.6 is 11.3 Å². The third kappa shape index (κ3) is 2.75. The number of thiazole rings is 1. The van der Waals surface area contributed by atoms with E-state index in [4.69, 9.17) is 9.40 Å². The average molecular weight is 366 g/mol. The molecule has 0 bridgehead atoms. The van der Waals surface area contributed by atoms with Gasteiger partial charge in [-0.05, 0) is 37.1 Å². The molecule has 1 aliphatic rings. The van der Waals surface area contributed by atoms with Gasteiger partial charge in [-0.3, -0.25) is 0 Å². The molecule has 0 saturated carbocycles. The number of nitrogens with one attached hydrogen (secondary N) is 1. The van der Waals surface area contributed by atoms with Crippen LogP contribution in [0.3, 0.4) is 0 Å². The maximum absolute atomic E-state index is 12.3. The molecular weight excluding hydrogens is 346 g/mol. The second-order valence-electron chi connectivity index (χ2n) is 6.98. The fourth-order valence-electron chi connectivity index (χ4n) is 3.96. The van der Waals surface area contributed by atoms with E-state index < -0.39 is 0 Å². The quantitative estimate of drug-likeness (QED) is 0.606. The van der Waals surface area contributed by atoms with Crippen LogP contribution in [-0.2, 0) is 6.67 Å². The highest BCUT2D eigenvalue weighted by Crippen LogP contribution is 2.30. The van der Waals surface area contributed by atoms with Gasteiger partial charge < -0.3 is 9.32 Å². The van der Waals surface area contributed by atoms with Crippen LogP contribution in [0.5, 0.6) is 0 Å². The summed E-state index contributed by atoms with van der Waals surface area (Å²) in [6.45, 7) is 2.73. The molecule has 0 aliphatic carbocycles. The van der Waals surface area contributed by atoms with Gasteiger partial charge in [-0.25, -0.2) is 14.3 Å². The molecule has 6 heteroatoms. The molecule has 132 valence electrons. The number of fused-ring (bicyclic) bond motifs is 2. The van der Waals surface area contributed by atoms with E-state index in [1.807, 2.05) is 41.7 Å². The first kappa shape index (κ1) is 15.8. The first-order valence-electron chi connectivity index (χ1n) is 9.05.